The Bertz CT molecular complexity index is 782. The predicted octanol–water partition coefficient (Wildman–Crippen LogP) is 2.90. The Kier molecular flexibility index (Phi) is 6.58. The molecular formula is C20H24N2O4S. The Hall–Kier alpha value is -2.25. The molecule has 3 rings (SSSR count). The summed E-state index contributed by atoms with van der Waals surface area (Å²) in [5.74, 6) is -1.59. The molecule has 7 heteroatoms. The van der Waals surface area contributed by atoms with Gasteiger partial charge in [-0.15, -0.1) is 11.3 Å². The van der Waals surface area contributed by atoms with E-state index in [-0.39, 0.29) is 24.8 Å². The number of nitrogens with zero attached hydrogens (tertiary/aromatic N) is 1. The number of rotatable bonds is 7. The summed E-state index contributed by atoms with van der Waals surface area (Å²) < 4.78 is 5.29. The zero-order valence-electron chi connectivity index (χ0n) is 15.3. The number of carbonyl (C=O) groups is 2. The molecular weight excluding hydrogens is 364 g/mol. The lowest BCUT2D eigenvalue weighted by Crippen LogP contribution is -2.39. The quantitative estimate of drug-likeness (QED) is 0.761. The molecule has 27 heavy (non-hydrogen) atoms. The van der Waals surface area contributed by atoms with Crippen molar-refractivity contribution in [3.63, 3.8) is 0 Å². The van der Waals surface area contributed by atoms with Gasteiger partial charge in [0.1, 0.15) is 5.01 Å². The Labute approximate surface area is 162 Å². The Morgan fingerprint density at radius 2 is 2.00 bits per heavy atom. The first kappa shape index (κ1) is 19.5. The van der Waals surface area contributed by atoms with E-state index >= 15 is 0 Å². The topological polar surface area (TPSA) is 88.5 Å². The lowest BCUT2D eigenvalue weighted by atomic mass is 9.86. The fourth-order valence-electron chi connectivity index (χ4n) is 3.24. The number of carbonyl (C=O) groups excluding carboxylic acids is 1. The maximum atomic E-state index is 12.2. The SMILES string of the molecule is Cc1ccc(-c2nc(CC(=O)NCC(C(=O)O)C3CCOCC3)cs2)cc1. The summed E-state index contributed by atoms with van der Waals surface area (Å²) in [6.45, 7) is 3.35. The van der Waals surface area contributed by atoms with E-state index in [1.165, 1.54) is 16.9 Å². The van der Waals surface area contributed by atoms with Crippen molar-refractivity contribution < 1.29 is 19.4 Å². The second-order valence-corrected chi connectivity index (χ2v) is 7.74. The Balaban J connectivity index is 1.54. The number of hydrogen-bond donors (Lipinski definition) is 2. The molecule has 0 bridgehead atoms. The number of hydrogen-bond acceptors (Lipinski definition) is 5. The van der Waals surface area contributed by atoms with Gasteiger partial charge in [-0.05, 0) is 25.7 Å². The summed E-state index contributed by atoms with van der Waals surface area (Å²) >= 11 is 1.50. The molecule has 2 N–H and O–H groups in total. The van der Waals surface area contributed by atoms with E-state index in [1.54, 1.807) is 0 Å². The van der Waals surface area contributed by atoms with Crippen LogP contribution in [0.2, 0.25) is 0 Å². The molecule has 144 valence electrons. The number of carboxylic acid groups (broad SMARTS) is 1. The maximum Gasteiger partial charge on any atom is 0.308 e. The average molecular weight is 388 g/mol. The number of aliphatic carboxylic acids is 1. The van der Waals surface area contributed by atoms with E-state index in [4.69, 9.17) is 4.74 Å². The third-order valence-electron chi connectivity index (χ3n) is 4.86. The van der Waals surface area contributed by atoms with Crippen molar-refractivity contribution in [1.82, 2.24) is 10.3 Å². The summed E-state index contributed by atoms with van der Waals surface area (Å²) in [7, 11) is 0. The van der Waals surface area contributed by atoms with Crippen molar-refractivity contribution in [1.29, 1.82) is 0 Å². The highest BCUT2D eigenvalue weighted by Gasteiger charge is 2.30. The van der Waals surface area contributed by atoms with Crippen molar-refractivity contribution >= 4 is 23.2 Å². The van der Waals surface area contributed by atoms with E-state index in [0.29, 0.717) is 18.9 Å². The van der Waals surface area contributed by atoms with Gasteiger partial charge >= 0.3 is 5.97 Å². The van der Waals surface area contributed by atoms with E-state index in [1.807, 2.05) is 36.6 Å². The second-order valence-electron chi connectivity index (χ2n) is 6.89. The molecule has 2 aromatic rings. The van der Waals surface area contributed by atoms with Crippen LogP contribution in [0.15, 0.2) is 29.6 Å². The summed E-state index contributed by atoms with van der Waals surface area (Å²) in [5, 5.41) is 15.0. The number of aromatic nitrogens is 1. The van der Waals surface area contributed by atoms with Gasteiger partial charge in [0.15, 0.2) is 0 Å². The Morgan fingerprint density at radius 1 is 1.30 bits per heavy atom. The standard InChI is InChI=1S/C20H24N2O4S/c1-13-2-4-15(5-3-13)19-22-16(12-27-19)10-18(23)21-11-17(20(24)25)14-6-8-26-9-7-14/h2-5,12,14,17H,6-11H2,1H3,(H,21,23)(H,24,25). The lowest BCUT2D eigenvalue weighted by Gasteiger charge is -2.27. The molecule has 1 aliphatic rings. The van der Waals surface area contributed by atoms with Crippen molar-refractivity contribution in [3.05, 3.63) is 40.9 Å². The molecule has 6 nitrogen and oxygen atoms in total. The van der Waals surface area contributed by atoms with E-state index in [9.17, 15) is 14.7 Å². The van der Waals surface area contributed by atoms with E-state index in [2.05, 4.69) is 10.3 Å². The van der Waals surface area contributed by atoms with E-state index in [0.717, 1.165) is 23.4 Å². The zero-order valence-corrected chi connectivity index (χ0v) is 16.1. The first-order valence-corrected chi connectivity index (χ1v) is 9.99. The number of amides is 1. The van der Waals surface area contributed by atoms with Gasteiger partial charge in [-0.3, -0.25) is 9.59 Å². The minimum Gasteiger partial charge on any atom is -0.481 e. The first-order chi connectivity index (χ1) is 13.0. The highest BCUT2D eigenvalue weighted by Crippen LogP contribution is 2.25. The maximum absolute atomic E-state index is 12.2. The van der Waals surface area contributed by atoms with Gasteiger partial charge in [-0.2, -0.15) is 0 Å². The molecule has 1 fully saturated rings. The molecule has 1 aromatic heterocycles. The monoisotopic (exact) mass is 388 g/mol. The molecule has 1 unspecified atom stereocenters. The molecule has 0 aliphatic carbocycles. The highest BCUT2D eigenvalue weighted by molar-refractivity contribution is 7.13. The van der Waals surface area contributed by atoms with Crippen molar-refractivity contribution in [2.45, 2.75) is 26.2 Å². The number of nitrogens with one attached hydrogen (secondary N) is 1. The van der Waals surface area contributed by atoms with Crippen LogP contribution in [-0.4, -0.2) is 41.7 Å². The fraction of sp³-hybridized carbons (Fsp3) is 0.450. The third kappa shape index (κ3) is 5.37. The molecule has 1 aliphatic heterocycles. The molecule has 0 radical (unpaired) electrons. The number of thiazole rings is 1. The molecule has 1 amide bonds. The van der Waals surface area contributed by atoms with Gasteiger partial charge < -0.3 is 15.2 Å². The van der Waals surface area contributed by atoms with Crippen LogP contribution >= 0.6 is 11.3 Å². The molecule has 2 heterocycles. The number of benzene rings is 1. The third-order valence-corrected chi connectivity index (χ3v) is 5.80. The minimum atomic E-state index is -0.863. The van der Waals surface area contributed by atoms with Crippen LogP contribution in [0.4, 0.5) is 0 Å². The number of aryl methyl sites for hydroxylation is 1. The Morgan fingerprint density at radius 3 is 2.67 bits per heavy atom. The summed E-state index contributed by atoms with van der Waals surface area (Å²) in [4.78, 5) is 28.3. The van der Waals surface area contributed by atoms with Gasteiger partial charge in [-0.1, -0.05) is 29.8 Å². The lowest BCUT2D eigenvalue weighted by molar-refractivity contribution is -0.144. The van der Waals surface area contributed by atoms with Gasteiger partial charge in [0.2, 0.25) is 5.91 Å². The van der Waals surface area contributed by atoms with Gasteiger partial charge in [-0.25, -0.2) is 4.98 Å². The van der Waals surface area contributed by atoms with Crippen LogP contribution in [0.5, 0.6) is 0 Å². The van der Waals surface area contributed by atoms with Crippen LogP contribution in [-0.2, 0) is 20.7 Å². The van der Waals surface area contributed by atoms with Crippen LogP contribution in [0.1, 0.15) is 24.1 Å². The summed E-state index contributed by atoms with van der Waals surface area (Å²) in [6.07, 6.45) is 1.60. The fourth-order valence-corrected chi connectivity index (χ4v) is 4.07. The van der Waals surface area contributed by atoms with Crippen LogP contribution < -0.4 is 5.32 Å². The summed E-state index contributed by atoms with van der Waals surface area (Å²) in [5.41, 5.74) is 2.92. The molecule has 1 saturated heterocycles. The van der Waals surface area contributed by atoms with Gasteiger partial charge in [0.05, 0.1) is 18.0 Å². The zero-order chi connectivity index (χ0) is 19.2. The van der Waals surface area contributed by atoms with Gasteiger partial charge in [0, 0.05) is 30.7 Å². The normalized spacial score (nSPS) is 16.0. The average Bonchev–Trinajstić information content (AvgIpc) is 3.11. The van der Waals surface area contributed by atoms with Crippen LogP contribution in [0, 0.1) is 18.8 Å². The highest BCUT2D eigenvalue weighted by atomic mass is 32.1. The molecule has 0 spiro atoms. The van der Waals surface area contributed by atoms with Crippen LogP contribution in [0.25, 0.3) is 10.6 Å². The molecule has 1 aromatic carbocycles. The molecule has 0 saturated carbocycles. The predicted molar refractivity (Wildman–Crippen MR) is 104 cm³/mol. The molecule has 1 atom stereocenters. The minimum absolute atomic E-state index is 0.0453. The van der Waals surface area contributed by atoms with Gasteiger partial charge in [0.25, 0.3) is 0 Å². The van der Waals surface area contributed by atoms with Crippen LogP contribution in [0.3, 0.4) is 0 Å². The van der Waals surface area contributed by atoms with Crippen molar-refractivity contribution in [3.8, 4) is 10.6 Å². The van der Waals surface area contributed by atoms with E-state index < -0.39 is 11.9 Å². The number of ether oxygens (including phenoxy) is 1. The largest absolute Gasteiger partial charge is 0.481 e. The second kappa shape index (κ2) is 9.10. The first-order valence-electron chi connectivity index (χ1n) is 9.11. The smallest absolute Gasteiger partial charge is 0.308 e. The summed E-state index contributed by atoms with van der Waals surface area (Å²) in [6, 6.07) is 8.10. The number of carboxylic acids is 1. The van der Waals surface area contributed by atoms with Crippen molar-refractivity contribution in [2.75, 3.05) is 19.8 Å². The van der Waals surface area contributed by atoms with Crippen molar-refractivity contribution in [2.24, 2.45) is 11.8 Å².